The van der Waals surface area contributed by atoms with Gasteiger partial charge in [0.2, 0.25) is 11.6 Å². The normalized spacial score (nSPS) is 15.1. The number of para-hydroxylation sites is 1. The first kappa shape index (κ1) is 9.40. The summed E-state index contributed by atoms with van der Waals surface area (Å²) in [6.07, 6.45) is 4.42. The summed E-state index contributed by atoms with van der Waals surface area (Å²) in [5.41, 5.74) is 1.11. The molecule has 3 nitrogen and oxygen atoms in total. The van der Waals surface area contributed by atoms with E-state index in [0.29, 0.717) is 5.70 Å². The Kier molecular flexibility index (Phi) is 2.46. The first-order valence-corrected chi connectivity index (χ1v) is 4.56. The van der Waals surface area contributed by atoms with Gasteiger partial charge in [-0.2, -0.15) is 0 Å². The third kappa shape index (κ3) is 2.02. The van der Waals surface area contributed by atoms with Gasteiger partial charge in [0.05, 0.1) is 5.70 Å². The Morgan fingerprint density at radius 3 is 2.47 bits per heavy atom. The average Bonchev–Trinajstić information content (AvgIpc) is 2.26. The van der Waals surface area contributed by atoms with E-state index in [1.807, 2.05) is 30.3 Å². The minimum atomic E-state index is -0.499. The highest BCUT2D eigenvalue weighted by Gasteiger charge is 2.18. The number of carbonyl (C=O) groups excluding carboxylic acids is 2. The molecule has 0 heterocycles. The highest BCUT2D eigenvalue weighted by atomic mass is 16.2. The van der Waals surface area contributed by atoms with E-state index in [1.165, 1.54) is 6.08 Å². The van der Waals surface area contributed by atoms with Gasteiger partial charge in [0, 0.05) is 5.69 Å². The molecule has 2 rings (SSSR count). The van der Waals surface area contributed by atoms with Crippen molar-refractivity contribution in [1.29, 1.82) is 0 Å². The van der Waals surface area contributed by atoms with Gasteiger partial charge in [0.25, 0.3) is 0 Å². The van der Waals surface area contributed by atoms with Crippen molar-refractivity contribution in [2.75, 3.05) is 5.32 Å². The van der Waals surface area contributed by atoms with E-state index >= 15 is 0 Å². The summed E-state index contributed by atoms with van der Waals surface area (Å²) >= 11 is 0. The van der Waals surface area contributed by atoms with Crippen molar-refractivity contribution in [3.63, 3.8) is 0 Å². The standard InChI is InChI=1S/C12H9NO2/c14-11-8-4-7-10(12(11)15)13-9-5-2-1-3-6-9/h1-8,13H. The Morgan fingerprint density at radius 1 is 1.00 bits per heavy atom. The van der Waals surface area contributed by atoms with Crippen molar-refractivity contribution in [3.05, 3.63) is 54.3 Å². The van der Waals surface area contributed by atoms with Crippen molar-refractivity contribution in [3.8, 4) is 0 Å². The lowest BCUT2D eigenvalue weighted by molar-refractivity contribution is -0.131. The molecule has 0 saturated heterocycles. The van der Waals surface area contributed by atoms with Crippen LogP contribution in [0.25, 0.3) is 0 Å². The molecule has 74 valence electrons. The van der Waals surface area contributed by atoms with Crippen LogP contribution in [-0.2, 0) is 9.59 Å². The maximum atomic E-state index is 11.4. The molecule has 0 atom stereocenters. The molecule has 0 aromatic heterocycles. The van der Waals surface area contributed by atoms with Crippen LogP contribution < -0.4 is 5.32 Å². The first-order chi connectivity index (χ1) is 7.27. The molecule has 1 aliphatic rings. The maximum Gasteiger partial charge on any atom is 0.248 e. The van der Waals surface area contributed by atoms with Crippen molar-refractivity contribution < 1.29 is 9.59 Å². The predicted molar refractivity (Wildman–Crippen MR) is 57.3 cm³/mol. The van der Waals surface area contributed by atoms with E-state index in [9.17, 15) is 9.59 Å². The van der Waals surface area contributed by atoms with Crippen molar-refractivity contribution >= 4 is 17.3 Å². The van der Waals surface area contributed by atoms with Crippen LogP contribution in [0.4, 0.5) is 5.69 Å². The number of ketones is 2. The lowest BCUT2D eigenvalue weighted by Gasteiger charge is -2.09. The van der Waals surface area contributed by atoms with Crippen LogP contribution in [0.2, 0.25) is 0 Å². The molecule has 15 heavy (non-hydrogen) atoms. The topological polar surface area (TPSA) is 46.2 Å². The Balaban J connectivity index is 2.20. The van der Waals surface area contributed by atoms with Crippen molar-refractivity contribution in [2.24, 2.45) is 0 Å². The Morgan fingerprint density at radius 2 is 1.73 bits per heavy atom. The monoisotopic (exact) mass is 199 g/mol. The number of Topliss-reactive ketones (excluding diaryl/α,β-unsaturated/α-hetero) is 1. The molecule has 1 aromatic carbocycles. The number of hydrogen-bond acceptors (Lipinski definition) is 3. The molecule has 1 aromatic rings. The van der Waals surface area contributed by atoms with Gasteiger partial charge in [-0.15, -0.1) is 0 Å². The van der Waals surface area contributed by atoms with E-state index in [-0.39, 0.29) is 0 Å². The van der Waals surface area contributed by atoms with Gasteiger partial charge in [-0.3, -0.25) is 9.59 Å². The zero-order valence-corrected chi connectivity index (χ0v) is 7.94. The number of benzene rings is 1. The molecular formula is C12H9NO2. The quantitative estimate of drug-likeness (QED) is 0.582. The minimum Gasteiger partial charge on any atom is -0.352 e. The number of nitrogens with one attached hydrogen (secondary N) is 1. The SMILES string of the molecule is O=C1C=CC=C(Nc2ccccc2)C1=O. The highest BCUT2D eigenvalue weighted by Crippen LogP contribution is 2.12. The second kappa shape index (κ2) is 3.92. The Bertz CT molecular complexity index is 458. The number of anilines is 1. The number of allylic oxidation sites excluding steroid dienone is 4. The van der Waals surface area contributed by atoms with Gasteiger partial charge in [-0.25, -0.2) is 0 Å². The average molecular weight is 199 g/mol. The van der Waals surface area contributed by atoms with Gasteiger partial charge in [0.15, 0.2) is 0 Å². The van der Waals surface area contributed by atoms with Crippen LogP contribution in [0, 0.1) is 0 Å². The molecular weight excluding hydrogens is 190 g/mol. The zero-order chi connectivity index (χ0) is 10.7. The molecule has 0 radical (unpaired) electrons. The van der Waals surface area contributed by atoms with Crippen molar-refractivity contribution in [1.82, 2.24) is 0 Å². The number of carbonyl (C=O) groups is 2. The van der Waals surface area contributed by atoms with E-state index in [1.54, 1.807) is 12.2 Å². The summed E-state index contributed by atoms with van der Waals surface area (Å²) in [5, 5.41) is 2.90. The van der Waals surface area contributed by atoms with Gasteiger partial charge in [-0.1, -0.05) is 24.3 Å². The van der Waals surface area contributed by atoms with Crippen LogP contribution in [0.15, 0.2) is 54.3 Å². The van der Waals surface area contributed by atoms with Gasteiger partial charge < -0.3 is 5.32 Å². The molecule has 3 heteroatoms. The van der Waals surface area contributed by atoms with Gasteiger partial charge in [-0.05, 0) is 24.3 Å². The highest BCUT2D eigenvalue weighted by molar-refractivity contribution is 6.48. The molecule has 0 amide bonds. The van der Waals surface area contributed by atoms with E-state index in [2.05, 4.69) is 5.32 Å². The fourth-order valence-corrected chi connectivity index (χ4v) is 1.29. The lowest BCUT2D eigenvalue weighted by atomic mass is 10.1. The predicted octanol–water partition coefficient (Wildman–Crippen LogP) is 1.69. The lowest BCUT2D eigenvalue weighted by Crippen LogP contribution is -2.21. The second-order valence-corrected chi connectivity index (χ2v) is 3.12. The second-order valence-electron chi connectivity index (χ2n) is 3.12. The molecule has 1 aliphatic carbocycles. The summed E-state index contributed by atoms with van der Waals surface area (Å²) < 4.78 is 0. The molecule has 0 aliphatic heterocycles. The van der Waals surface area contributed by atoms with Crippen LogP contribution >= 0.6 is 0 Å². The third-order valence-corrected chi connectivity index (χ3v) is 2.03. The summed E-state index contributed by atoms with van der Waals surface area (Å²) in [6.45, 7) is 0. The molecule has 0 saturated carbocycles. The van der Waals surface area contributed by atoms with Crippen molar-refractivity contribution in [2.45, 2.75) is 0 Å². The van der Waals surface area contributed by atoms with E-state index in [4.69, 9.17) is 0 Å². The van der Waals surface area contributed by atoms with Crippen LogP contribution in [0.3, 0.4) is 0 Å². The van der Waals surface area contributed by atoms with Gasteiger partial charge in [0.1, 0.15) is 0 Å². The summed E-state index contributed by atoms with van der Waals surface area (Å²) in [6, 6.07) is 9.25. The molecule has 1 N–H and O–H groups in total. The maximum absolute atomic E-state index is 11.4. The summed E-state index contributed by atoms with van der Waals surface area (Å²) in [5.74, 6) is -0.989. The van der Waals surface area contributed by atoms with Gasteiger partial charge >= 0.3 is 0 Å². The number of hydrogen-bond donors (Lipinski definition) is 1. The van der Waals surface area contributed by atoms with Crippen LogP contribution in [-0.4, -0.2) is 11.6 Å². The molecule has 0 bridgehead atoms. The third-order valence-electron chi connectivity index (χ3n) is 2.03. The Hall–Kier alpha value is -2.16. The first-order valence-electron chi connectivity index (χ1n) is 4.56. The molecule has 0 spiro atoms. The summed E-state index contributed by atoms with van der Waals surface area (Å²) in [4.78, 5) is 22.5. The minimum absolute atomic E-state index is 0.314. The van der Waals surface area contributed by atoms with Crippen LogP contribution in [0.1, 0.15) is 0 Å². The molecule has 0 unspecified atom stereocenters. The largest absolute Gasteiger partial charge is 0.352 e. The zero-order valence-electron chi connectivity index (χ0n) is 7.94. The number of rotatable bonds is 2. The fraction of sp³-hybridized carbons (Fsp3) is 0. The fourth-order valence-electron chi connectivity index (χ4n) is 1.29. The Labute approximate surface area is 87.1 Å². The van der Waals surface area contributed by atoms with E-state index in [0.717, 1.165) is 5.69 Å². The van der Waals surface area contributed by atoms with E-state index < -0.39 is 11.6 Å². The molecule has 0 fully saturated rings. The van der Waals surface area contributed by atoms with Crippen LogP contribution in [0.5, 0.6) is 0 Å². The summed E-state index contributed by atoms with van der Waals surface area (Å²) in [7, 11) is 0. The smallest absolute Gasteiger partial charge is 0.248 e.